The van der Waals surface area contributed by atoms with Crippen molar-refractivity contribution < 1.29 is 19.8 Å². The number of rotatable bonds is 4. The summed E-state index contributed by atoms with van der Waals surface area (Å²) in [7, 11) is 0. The molecule has 0 bridgehead atoms. The maximum atomic E-state index is 11.0. The number of hydrogen-bond acceptors (Lipinski definition) is 2. The lowest BCUT2D eigenvalue weighted by atomic mass is 9.82. The smallest absolute Gasteiger partial charge is 0.332 e. The van der Waals surface area contributed by atoms with E-state index in [1.807, 2.05) is 0 Å². The largest absolute Gasteiger partial charge is 0.478 e. The van der Waals surface area contributed by atoms with E-state index in [0.29, 0.717) is 0 Å². The molecule has 0 heterocycles. The molecule has 0 saturated carbocycles. The molecule has 0 aromatic heterocycles. The Bertz CT molecular complexity index is 318. The lowest BCUT2D eigenvalue weighted by Crippen LogP contribution is -2.22. The number of aliphatic carboxylic acids is 2. The molecule has 0 atom stereocenters. The number of carboxylic acids is 2. The molecule has 0 aliphatic carbocycles. The van der Waals surface area contributed by atoms with Crippen molar-refractivity contribution in [2.45, 2.75) is 27.2 Å². The van der Waals surface area contributed by atoms with E-state index in [4.69, 9.17) is 10.2 Å². The topological polar surface area (TPSA) is 74.6 Å². The first-order chi connectivity index (χ1) is 6.71. The third kappa shape index (κ3) is 3.58. The Morgan fingerprint density at radius 3 is 1.87 bits per heavy atom. The lowest BCUT2D eigenvalue weighted by molar-refractivity contribution is -0.136. The van der Waals surface area contributed by atoms with Crippen molar-refractivity contribution in [3.05, 3.63) is 23.8 Å². The fraction of sp³-hybridized carbons (Fsp3) is 0.455. The molecular formula is C11H16O4. The van der Waals surface area contributed by atoms with Crippen LogP contribution >= 0.6 is 0 Å². The molecule has 0 spiro atoms. The Morgan fingerprint density at radius 2 is 1.67 bits per heavy atom. The Hall–Kier alpha value is -1.58. The van der Waals surface area contributed by atoms with Crippen LogP contribution in [0.1, 0.15) is 27.2 Å². The van der Waals surface area contributed by atoms with Crippen LogP contribution in [-0.4, -0.2) is 22.2 Å². The monoisotopic (exact) mass is 212 g/mol. The van der Waals surface area contributed by atoms with E-state index in [9.17, 15) is 9.59 Å². The van der Waals surface area contributed by atoms with Crippen LogP contribution in [-0.2, 0) is 9.59 Å². The predicted octanol–water partition coefficient (Wildman–Crippen LogP) is 2.07. The van der Waals surface area contributed by atoms with E-state index in [0.717, 1.165) is 0 Å². The zero-order valence-electron chi connectivity index (χ0n) is 9.20. The van der Waals surface area contributed by atoms with Gasteiger partial charge >= 0.3 is 11.9 Å². The van der Waals surface area contributed by atoms with E-state index >= 15 is 0 Å². The molecule has 0 aromatic rings. The van der Waals surface area contributed by atoms with Crippen LogP contribution in [0.2, 0.25) is 0 Å². The van der Waals surface area contributed by atoms with Crippen LogP contribution in [0.4, 0.5) is 0 Å². The minimum atomic E-state index is -1.21. The molecule has 2 N–H and O–H groups in total. The second-order valence-corrected chi connectivity index (χ2v) is 4.21. The summed E-state index contributed by atoms with van der Waals surface area (Å²) in [6.45, 7) is 8.42. The molecule has 0 saturated heterocycles. The van der Waals surface area contributed by atoms with Crippen LogP contribution in [0.15, 0.2) is 23.8 Å². The summed E-state index contributed by atoms with van der Waals surface area (Å²) in [5.74, 6) is -2.40. The average molecular weight is 212 g/mol. The molecule has 0 radical (unpaired) electrons. The van der Waals surface area contributed by atoms with Crippen molar-refractivity contribution in [1.29, 1.82) is 0 Å². The highest BCUT2D eigenvalue weighted by Gasteiger charge is 2.29. The van der Waals surface area contributed by atoms with E-state index in [-0.39, 0.29) is 17.6 Å². The molecule has 84 valence electrons. The van der Waals surface area contributed by atoms with Crippen molar-refractivity contribution >= 4 is 11.9 Å². The normalized spacial score (nSPS) is 13.0. The van der Waals surface area contributed by atoms with Gasteiger partial charge < -0.3 is 10.2 Å². The van der Waals surface area contributed by atoms with Crippen molar-refractivity contribution in [1.82, 2.24) is 0 Å². The third-order valence-corrected chi connectivity index (χ3v) is 1.87. The summed E-state index contributed by atoms with van der Waals surface area (Å²) in [6.07, 6.45) is 1.44. The summed E-state index contributed by atoms with van der Waals surface area (Å²) in [5, 5.41) is 17.9. The van der Waals surface area contributed by atoms with Gasteiger partial charge in [-0.1, -0.05) is 26.8 Å². The van der Waals surface area contributed by atoms with Crippen molar-refractivity contribution in [3.8, 4) is 0 Å². The highest BCUT2D eigenvalue weighted by atomic mass is 16.4. The van der Waals surface area contributed by atoms with Gasteiger partial charge in [-0.15, -0.1) is 6.58 Å². The van der Waals surface area contributed by atoms with Crippen LogP contribution in [0.3, 0.4) is 0 Å². The van der Waals surface area contributed by atoms with Gasteiger partial charge in [-0.2, -0.15) is 0 Å². The SMILES string of the molecule is C=CCC(C(=O)O)=C(C(=O)O)C(C)(C)C. The second-order valence-electron chi connectivity index (χ2n) is 4.21. The zero-order valence-corrected chi connectivity index (χ0v) is 9.20. The van der Waals surface area contributed by atoms with Gasteiger partial charge in [0.15, 0.2) is 0 Å². The quantitative estimate of drug-likeness (QED) is 0.552. The second kappa shape index (κ2) is 4.77. The maximum Gasteiger partial charge on any atom is 0.332 e. The molecule has 0 aromatic carbocycles. The van der Waals surface area contributed by atoms with Crippen LogP contribution in [0.25, 0.3) is 0 Å². The van der Waals surface area contributed by atoms with Crippen molar-refractivity contribution in [2.24, 2.45) is 5.41 Å². The molecule has 0 amide bonds. The van der Waals surface area contributed by atoms with Gasteiger partial charge in [0, 0.05) is 0 Å². The van der Waals surface area contributed by atoms with Crippen molar-refractivity contribution in [2.75, 3.05) is 0 Å². The third-order valence-electron chi connectivity index (χ3n) is 1.87. The molecule has 0 unspecified atom stereocenters. The summed E-state index contributed by atoms with van der Waals surface area (Å²) in [4.78, 5) is 21.9. The highest BCUT2D eigenvalue weighted by molar-refractivity contribution is 5.99. The number of carbonyl (C=O) groups is 2. The first kappa shape index (κ1) is 13.4. The van der Waals surface area contributed by atoms with Crippen LogP contribution in [0.5, 0.6) is 0 Å². The van der Waals surface area contributed by atoms with Gasteiger partial charge in [-0.25, -0.2) is 9.59 Å². The van der Waals surface area contributed by atoms with Gasteiger partial charge in [-0.05, 0) is 11.8 Å². The van der Waals surface area contributed by atoms with Crippen LogP contribution < -0.4 is 0 Å². The molecule has 0 rings (SSSR count). The average Bonchev–Trinajstić information content (AvgIpc) is 1.99. The summed E-state index contributed by atoms with van der Waals surface area (Å²) < 4.78 is 0. The number of allylic oxidation sites excluding steroid dienone is 1. The summed E-state index contributed by atoms with van der Waals surface area (Å²) in [5.41, 5.74) is -0.886. The first-order valence-electron chi connectivity index (χ1n) is 4.53. The maximum absolute atomic E-state index is 11.0. The molecule has 4 heteroatoms. The van der Waals surface area contributed by atoms with Gasteiger partial charge in [0.1, 0.15) is 0 Å². The molecule has 15 heavy (non-hydrogen) atoms. The molecular weight excluding hydrogens is 196 g/mol. The molecule has 0 aliphatic heterocycles. The standard InChI is InChI=1S/C11H16O4/c1-5-6-7(9(12)13)8(10(14)15)11(2,3)4/h5H,1,6H2,2-4H3,(H,12,13)(H,14,15). The lowest BCUT2D eigenvalue weighted by Gasteiger charge is -2.21. The Balaban J connectivity index is 5.67. The predicted molar refractivity (Wildman–Crippen MR) is 56.6 cm³/mol. The van der Waals surface area contributed by atoms with Crippen LogP contribution in [0, 0.1) is 5.41 Å². The van der Waals surface area contributed by atoms with Gasteiger partial charge in [0.25, 0.3) is 0 Å². The molecule has 0 aliphatic rings. The van der Waals surface area contributed by atoms with E-state index in [1.165, 1.54) is 6.08 Å². The van der Waals surface area contributed by atoms with Gasteiger partial charge in [0.05, 0.1) is 11.1 Å². The highest BCUT2D eigenvalue weighted by Crippen LogP contribution is 2.29. The fourth-order valence-electron chi connectivity index (χ4n) is 1.34. The Labute approximate surface area is 88.9 Å². The summed E-state index contributed by atoms with van der Waals surface area (Å²) in [6, 6.07) is 0. The summed E-state index contributed by atoms with van der Waals surface area (Å²) >= 11 is 0. The fourth-order valence-corrected chi connectivity index (χ4v) is 1.34. The first-order valence-corrected chi connectivity index (χ1v) is 4.53. The molecule has 4 nitrogen and oxygen atoms in total. The minimum absolute atomic E-state index is 0.0498. The minimum Gasteiger partial charge on any atom is -0.478 e. The number of carboxylic acid groups (broad SMARTS) is 2. The van der Waals surface area contributed by atoms with E-state index in [2.05, 4.69) is 6.58 Å². The Morgan fingerprint density at radius 1 is 1.20 bits per heavy atom. The van der Waals surface area contributed by atoms with Gasteiger partial charge in [-0.3, -0.25) is 0 Å². The van der Waals surface area contributed by atoms with Crippen molar-refractivity contribution in [3.63, 3.8) is 0 Å². The van der Waals surface area contributed by atoms with Gasteiger partial charge in [0.2, 0.25) is 0 Å². The zero-order chi connectivity index (χ0) is 12.2. The molecule has 0 fully saturated rings. The van der Waals surface area contributed by atoms with E-state index in [1.54, 1.807) is 20.8 Å². The van der Waals surface area contributed by atoms with E-state index < -0.39 is 17.4 Å². The Kier molecular flexibility index (Phi) is 4.27. The number of hydrogen-bond donors (Lipinski definition) is 2.